The van der Waals surface area contributed by atoms with E-state index in [1.54, 1.807) is 0 Å². The molecule has 1 aromatic heterocycles. The quantitative estimate of drug-likeness (QED) is 0.910. The zero-order valence-electron chi connectivity index (χ0n) is 14.0. The smallest absolute Gasteiger partial charge is 0.254 e. The molecule has 2 N–H and O–H groups in total. The molecule has 2 aromatic rings. The Morgan fingerprint density at radius 2 is 2.17 bits per heavy atom. The lowest BCUT2D eigenvalue weighted by Gasteiger charge is -2.56. The predicted molar refractivity (Wildman–Crippen MR) is 91.9 cm³/mol. The van der Waals surface area contributed by atoms with Crippen LogP contribution in [0.1, 0.15) is 36.5 Å². The lowest BCUT2D eigenvalue weighted by Crippen LogP contribution is -2.62. The molecule has 0 bridgehead atoms. The van der Waals surface area contributed by atoms with E-state index < -0.39 is 0 Å². The van der Waals surface area contributed by atoms with Crippen molar-refractivity contribution in [2.24, 2.45) is 5.41 Å². The van der Waals surface area contributed by atoms with Gasteiger partial charge in [-0.15, -0.1) is 0 Å². The lowest BCUT2D eigenvalue weighted by atomic mass is 9.58. The number of aliphatic hydroxyl groups is 1. The molecular formula is C19H24N2O3. The van der Waals surface area contributed by atoms with Gasteiger partial charge in [0.2, 0.25) is 0 Å². The van der Waals surface area contributed by atoms with Crippen molar-refractivity contribution in [3.8, 4) is 0 Å². The summed E-state index contributed by atoms with van der Waals surface area (Å²) in [6, 6.07) is 7.74. The number of likely N-dealkylation sites (tertiary alicyclic amines) is 1. The molecule has 2 heterocycles. The van der Waals surface area contributed by atoms with E-state index in [4.69, 9.17) is 4.74 Å². The van der Waals surface area contributed by atoms with Gasteiger partial charge in [0.15, 0.2) is 0 Å². The molecule has 1 saturated carbocycles. The van der Waals surface area contributed by atoms with Crippen LogP contribution in [0.2, 0.25) is 0 Å². The van der Waals surface area contributed by atoms with Crippen molar-refractivity contribution < 1.29 is 14.6 Å². The van der Waals surface area contributed by atoms with Crippen LogP contribution in [0.15, 0.2) is 30.5 Å². The summed E-state index contributed by atoms with van der Waals surface area (Å²) in [6.07, 6.45) is 4.07. The molecule has 128 valence electrons. The van der Waals surface area contributed by atoms with Crippen LogP contribution >= 0.6 is 0 Å². The minimum absolute atomic E-state index is 0.0804. The van der Waals surface area contributed by atoms with Gasteiger partial charge in [-0.1, -0.05) is 6.07 Å². The number of piperidine rings is 1. The summed E-state index contributed by atoms with van der Waals surface area (Å²) in [5.74, 6) is 0.0804. The minimum Gasteiger partial charge on any atom is -0.392 e. The predicted octanol–water partition coefficient (Wildman–Crippen LogP) is 2.56. The molecule has 1 amide bonds. The molecule has 24 heavy (non-hydrogen) atoms. The third kappa shape index (κ3) is 2.26. The van der Waals surface area contributed by atoms with Crippen LogP contribution in [-0.4, -0.2) is 52.8 Å². The summed E-state index contributed by atoms with van der Waals surface area (Å²) in [4.78, 5) is 18.0. The summed E-state index contributed by atoms with van der Waals surface area (Å²) >= 11 is 0. The first kappa shape index (κ1) is 15.7. The number of hydrogen-bond acceptors (Lipinski definition) is 3. The fourth-order valence-electron chi connectivity index (χ4n) is 4.39. The number of amides is 1. The van der Waals surface area contributed by atoms with E-state index in [2.05, 4.69) is 4.98 Å². The van der Waals surface area contributed by atoms with Crippen molar-refractivity contribution in [3.63, 3.8) is 0 Å². The van der Waals surface area contributed by atoms with Crippen LogP contribution in [-0.2, 0) is 4.74 Å². The summed E-state index contributed by atoms with van der Waals surface area (Å²) < 4.78 is 5.80. The van der Waals surface area contributed by atoms with Crippen LogP contribution in [0.3, 0.4) is 0 Å². The summed E-state index contributed by atoms with van der Waals surface area (Å²) in [5.41, 5.74) is 1.59. The zero-order chi connectivity index (χ0) is 16.7. The van der Waals surface area contributed by atoms with Gasteiger partial charge in [-0.3, -0.25) is 4.79 Å². The molecule has 2 atom stereocenters. The van der Waals surface area contributed by atoms with Crippen LogP contribution in [0, 0.1) is 5.41 Å². The fraction of sp³-hybridized carbons (Fsp3) is 0.526. The fourth-order valence-corrected chi connectivity index (χ4v) is 4.39. The first-order valence-electron chi connectivity index (χ1n) is 8.81. The van der Waals surface area contributed by atoms with E-state index in [0.29, 0.717) is 19.7 Å². The molecule has 1 saturated heterocycles. The topological polar surface area (TPSA) is 65.6 Å². The highest BCUT2D eigenvalue weighted by atomic mass is 16.5. The molecule has 0 radical (unpaired) electrons. The van der Waals surface area contributed by atoms with Crippen molar-refractivity contribution in [2.75, 3.05) is 19.7 Å². The maximum Gasteiger partial charge on any atom is 0.254 e. The van der Waals surface area contributed by atoms with Crippen molar-refractivity contribution in [1.82, 2.24) is 9.88 Å². The molecule has 1 spiro atoms. The largest absolute Gasteiger partial charge is 0.392 e. The molecule has 2 aliphatic rings. The number of H-pyrrole nitrogens is 1. The Bertz CT molecular complexity index is 744. The molecular weight excluding hydrogens is 304 g/mol. The lowest BCUT2D eigenvalue weighted by molar-refractivity contribution is -0.207. The average molecular weight is 328 g/mol. The number of fused-ring (bicyclic) bond motifs is 1. The van der Waals surface area contributed by atoms with Crippen molar-refractivity contribution >= 4 is 16.8 Å². The first-order chi connectivity index (χ1) is 11.7. The van der Waals surface area contributed by atoms with E-state index in [1.807, 2.05) is 42.3 Å². The molecule has 5 nitrogen and oxygen atoms in total. The number of aromatic nitrogens is 1. The third-order valence-corrected chi connectivity index (χ3v) is 5.92. The summed E-state index contributed by atoms with van der Waals surface area (Å²) in [6.45, 7) is 4.03. The maximum atomic E-state index is 12.9. The normalized spacial score (nSPS) is 25.8. The molecule has 1 aliphatic heterocycles. The Hall–Kier alpha value is -1.85. The van der Waals surface area contributed by atoms with Gasteiger partial charge in [-0.05, 0) is 38.0 Å². The highest BCUT2D eigenvalue weighted by Crippen LogP contribution is 2.51. The standard InChI is InChI=1S/C19H24N2O3/c1-2-24-17-12-16(22)19(17)7-10-21(11-8-19)18(23)14-4-3-5-15-13(14)6-9-20-15/h3-6,9,16-17,20,22H,2,7-8,10-12H2,1H3/t16-,17-/m0/s1. The Kier molecular flexibility index (Phi) is 3.85. The number of aromatic amines is 1. The van der Waals surface area contributed by atoms with Gasteiger partial charge in [0.25, 0.3) is 5.91 Å². The number of carbonyl (C=O) groups excluding carboxylic acids is 1. The van der Waals surface area contributed by atoms with Gasteiger partial charge < -0.3 is 19.7 Å². The van der Waals surface area contributed by atoms with E-state index in [1.165, 1.54) is 0 Å². The summed E-state index contributed by atoms with van der Waals surface area (Å²) in [5, 5.41) is 11.3. The van der Waals surface area contributed by atoms with E-state index >= 15 is 0 Å². The number of aliphatic hydroxyl groups excluding tert-OH is 1. The number of nitrogens with one attached hydrogen (secondary N) is 1. The van der Waals surface area contributed by atoms with Crippen LogP contribution in [0.5, 0.6) is 0 Å². The molecule has 1 aliphatic carbocycles. The van der Waals surface area contributed by atoms with E-state index in [-0.39, 0.29) is 23.5 Å². The van der Waals surface area contributed by atoms with Gasteiger partial charge >= 0.3 is 0 Å². The first-order valence-corrected chi connectivity index (χ1v) is 8.81. The minimum atomic E-state index is -0.292. The Labute approximate surface area is 141 Å². The van der Waals surface area contributed by atoms with Crippen molar-refractivity contribution in [3.05, 3.63) is 36.0 Å². The van der Waals surface area contributed by atoms with Crippen LogP contribution in [0.25, 0.3) is 10.9 Å². The second-order valence-electron chi connectivity index (χ2n) is 6.97. The summed E-state index contributed by atoms with van der Waals surface area (Å²) in [7, 11) is 0. The second kappa shape index (κ2) is 5.90. The van der Waals surface area contributed by atoms with Gasteiger partial charge in [-0.2, -0.15) is 0 Å². The molecule has 0 unspecified atom stereocenters. The van der Waals surface area contributed by atoms with Gasteiger partial charge in [0.05, 0.1) is 12.2 Å². The number of nitrogens with zero attached hydrogens (tertiary/aromatic N) is 1. The van der Waals surface area contributed by atoms with Gasteiger partial charge in [0.1, 0.15) is 0 Å². The number of rotatable bonds is 3. The zero-order valence-corrected chi connectivity index (χ0v) is 14.0. The number of benzene rings is 1. The molecule has 1 aromatic carbocycles. The van der Waals surface area contributed by atoms with Gasteiger partial charge in [0, 0.05) is 54.2 Å². The average Bonchev–Trinajstić information content (AvgIpc) is 3.10. The third-order valence-electron chi connectivity index (χ3n) is 5.92. The Morgan fingerprint density at radius 1 is 1.38 bits per heavy atom. The molecule has 5 heteroatoms. The molecule has 2 fully saturated rings. The van der Waals surface area contributed by atoms with Gasteiger partial charge in [-0.25, -0.2) is 0 Å². The number of ether oxygens (including phenoxy) is 1. The highest BCUT2D eigenvalue weighted by Gasteiger charge is 2.56. The van der Waals surface area contributed by atoms with Crippen LogP contribution in [0.4, 0.5) is 0 Å². The Morgan fingerprint density at radius 3 is 2.88 bits per heavy atom. The monoisotopic (exact) mass is 328 g/mol. The maximum absolute atomic E-state index is 12.9. The highest BCUT2D eigenvalue weighted by molar-refractivity contribution is 6.06. The van der Waals surface area contributed by atoms with Crippen LogP contribution < -0.4 is 0 Å². The SMILES string of the molecule is CCO[C@H]1C[C@H](O)C12CCN(C(=O)c1cccc3[nH]ccc13)CC2. The number of carbonyl (C=O) groups is 1. The second-order valence-corrected chi connectivity index (χ2v) is 6.97. The molecule has 4 rings (SSSR count). The Balaban J connectivity index is 1.50. The van der Waals surface area contributed by atoms with E-state index in [0.717, 1.165) is 35.7 Å². The van der Waals surface area contributed by atoms with Crippen molar-refractivity contribution in [2.45, 2.75) is 38.4 Å². The van der Waals surface area contributed by atoms with E-state index in [9.17, 15) is 9.90 Å². The number of hydrogen-bond donors (Lipinski definition) is 2. The van der Waals surface area contributed by atoms with Crippen molar-refractivity contribution in [1.29, 1.82) is 0 Å².